The number of carbonyl (C=O) groups excluding carboxylic acids is 2. The van der Waals surface area contributed by atoms with Crippen LogP contribution in [0, 0.1) is 6.92 Å². The molecule has 6 nitrogen and oxygen atoms in total. The molecule has 0 bridgehead atoms. The van der Waals surface area contributed by atoms with Crippen molar-refractivity contribution in [3.63, 3.8) is 0 Å². The van der Waals surface area contributed by atoms with E-state index in [1.54, 1.807) is 26.4 Å². The second kappa shape index (κ2) is 9.62. The van der Waals surface area contributed by atoms with Crippen LogP contribution in [0.4, 0.5) is 0 Å². The standard InChI is InChI=1S/C21H26N2O4/c1-15-6-5-7-17(10-15)12-22-21(25)14-23(16(2)24)13-18-8-9-19(26-3)20(11-18)27-4/h5-11H,12-14H2,1-4H3,(H,22,25). The number of carbonyl (C=O) groups is 2. The summed E-state index contributed by atoms with van der Waals surface area (Å²) >= 11 is 0. The first kappa shape index (κ1) is 20.3. The molecule has 0 aliphatic heterocycles. The molecule has 0 saturated carbocycles. The van der Waals surface area contributed by atoms with Gasteiger partial charge in [-0.2, -0.15) is 0 Å². The van der Waals surface area contributed by atoms with E-state index in [-0.39, 0.29) is 18.4 Å². The van der Waals surface area contributed by atoms with Crippen molar-refractivity contribution in [2.45, 2.75) is 26.9 Å². The summed E-state index contributed by atoms with van der Waals surface area (Å²) in [5.74, 6) is 0.830. The largest absolute Gasteiger partial charge is 0.493 e. The van der Waals surface area contributed by atoms with Crippen LogP contribution < -0.4 is 14.8 Å². The summed E-state index contributed by atoms with van der Waals surface area (Å²) in [5.41, 5.74) is 3.02. The van der Waals surface area contributed by atoms with E-state index >= 15 is 0 Å². The number of nitrogens with zero attached hydrogens (tertiary/aromatic N) is 1. The highest BCUT2D eigenvalue weighted by Gasteiger charge is 2.15. The SMILES string of the molecule is COc1ccc(CN(CC(=O)NCc2cccc(C)c2)C(C)=O)cc1OC. The lowest BCUT2D eigenvalue weighted by Gasteiger charge is -2.21. The fraction of sp³-hybridized carbons (Fsp3) is 0.333. The van der Waals surface area contributed by atoms with Gasteiger partial charge < -0.3 is 19.7 Å². The van der Waals surface area contributed by atoms with Gasteiger partial charge in [0, 0.05) is 20.0 Å². The highest BCUT2D eigenvalue weighted by Crippen LogP contribution is 2.28. The van der Waals surface area contributed by atoms with Crippen LogP contribution in [-0.2, 0) is 22.7 Å². The van der Waals surface area contributed by atoms with Crippen molar-refractivity contribution >= 4 is 11.8 Å². The van der Waals surface area contributed by atoms with Gasteiger partial charge in [-0.3, -0.25) is 9.59 Å². The quantitative estimate of drug-likeness (QED) is 0.776. The minimum Gasteiger partial charge on any atom is -0.493 e. The summed E-state index contributed by atoms with van der Waals surface area (Å²) in [6, 6.07) is 13.4. The van der Waals surface area contributed by atoms with Gasteiger partial charge in [-0.05, 0) is 30.2 Å². The van der Waals surface area contributed by atoms with Crippen LogP contribution in [0.2, 0.25) is 0 Å². The molecular formula is C21H26N2O4. The minimum atomic E-state index is -0.202. The number of hydrogen-bond acceptors (Lipinski definition) is 4. The van der Waals surface area contributed by atoms with Crippen LogP contribution in [0.5, 0.6) is 11.5 Å². The van der Waals surface area contributed by atoms with Gasteiger partial charge in [0.1, 0.15) is 0 Å². The van der Waals surface area contributed by atoms with Crippen LogP contribution in [0.25, 0.3) is 0 Å². The molecule has 0 unspecified atom stereocenters. The van der Waals surface area contributed by atoms with Crippen molar-refractivity contribution in [2.75, 3.05) is 20.8 Å². The zero-order valence-corrected chi connectivity index (χ0v) is 16.2. The Morgan fingerprint density at radius 1 is 1.00 bits per heavy atom. The predicted molar refractivity (Wildman–Crippen MR) is 104 cm³/mol. The van der Waals surface area contributed by atoms with Gasteiger partial charge in [-0.15, -0.1) is 0 Å². The molecule has 0 aliphatic carbocycles. The number of rotatable bonds is 8. The van der Waals surface area contributed by atoms with Crippen molar-refractivity contribution in [2.24, 2.45) is 0 Å². The first-order chi connectivity index (χ1) is 12.9. The smallest absolute Gasteiger partial charge is 0.239 e. The number of nitrogens with one attached hydrogen (secondary N) is 1. The zero-order valence-electron chi connectivity index (χ0n) is 16.2. The van der Waals surface area contributed by atoms with Crippen molar-refractivity contribution < 1.29 is 19.1 Å². The average Bonchev–Trinajstić information content (AvgIpc) is 2.65. The molecule has 0 heterocycles. The molecule has 2 aromatic rings. The van der Waals surface area contributed by atoms with E-state index in [1.165, 1.54) is 11.8 Å². The maximum absolute atomic E-state index is 12.3. The Morgan fingerprint density at radius 3 is 2.37 bits per heavy atom. The Labute approximate surface area is 160 Å². The van der Waals surface area contributed by atoms with E-state index in [2.05, 4.69) is 5.32 Å². The fourth-order valence-corrected chi connectivity index (χ4v) is 2.73. The Morgan fingerprint density at radius 2 is 1.74 bits per heavy atom. The molecular weight excluding hydrogens is 344 g/mol. The van der Waals surface area contributed by atoms with Crippen LogP contribution >= 0.6 is 0 Å². The van der Waals surface area contributed by atoms with Gasteiger partial charge in [-0.1, -0.05) is 35.9 Å². The van der Waals surface area contributed by atoms with Gasteiger partial charge in [0.25, 0.3) is 0 Å². The molecule has 2 rings (SSSR count). The Hall–Kier alpha value is -3.02. The van der Waals surface area contributed by atoms with Gasteiger partial charge in [-0.25, -0.2) is 0 Å². The Kier molecular flexibility index (Phi) is 7.23. The second-order valence-electron chi connectivity index (χ2n) is 6.33. The van der Waals surface area contributed by atoms with E-state index in [4.69, 9.17) is 9.47 Å². The fourth-order valence-electron chi connectivity index (χ4n) is 2.73. The van der Waals surface area contributed by atoms with Gasteiger partial charge in [0.2, 0.25) is 11.8 Å². The highest BCUT2D eigenvalue weighted by molar-refractivity contribution is 5.83. The maximum atomic E-state index is 12.3. The molecule has 0 aliphatic rings. The second-order valence-corrected chi connectivity index (χ2v) is 6.33. The number of benzene rings is 2. The number of amides is 2. The van der Waals surface area contributed by atoms with Crippen LogP contribution in [0.1, 0.15) is 23.6 Å². The Balaban J connectivity index is 1.98. The van der Waals surface area contributed by atoms with Crippen molar-refractivity contribution in [1.82, 2.24) is 10.2 Å². The number of ether oxygens (including phenoxy) is 2. The van der Waals surface area contributed by atoms with E-state index in [9.17, 15) is 9.59 Å². The molecule has 0 spiro atoms. The summed E-state index contributed by atoms with van der Waals surface area (Å²) in [7, 11) is 3.13. The molecule has 6 heteroatoms. The van der Waals surface area contributed by atoms with Crippen LogP contribution in [0.15, 0.2) is 42.5 Å². The zero-order chi connectivity index (χ0) is 19.8. The van der Waals surface area contributed by atoms with E-state index < -0.39 is 0 Å². The first-order valence-corrected chi connectivity index (χ1v) is 8.71. The monoisotopic (exact) mass is 370 g/mol. The third-order valence-electron chi connectivity index (χ3n) is 4.17. The molecule has 0 atom stereocenters. The molecule has 27 heavy (non-hydrogen) atoms. The molecule has 0 fully saturated rings. The summed E-state index contributed by atoms with van der Waals surface area (Å²) in [6.45, 7) is 4.20. The molecule has 1 N–H and O–H groups in total. The lowest BCUT2D eigenvalue weighted by atomic mass is 10.1. The molecule has 2 amide bonds. The summed E-state index contributed by atoms with van der Waals surface area (Å²) < 4.78 is 10.5. The normalized spacial score (nSPS) is 10.2. The summed E-state index contributed by atoms with van der Waals surface area (Å²) in [4.78, 5) is 25.7. The third-order valence-corrected chi connectivity index (χ3v) is 4.17. The summed E-state index contributed by atoms with van der Waals surface area (Å²) in [6.07, 6.45) is 0. The lowest BCUT2D eigenvalue weighted by molar-refractivity contribution is -0.135. The molecule has 0 radical (unpaired) electrons. The number of methoxy groups -OCH3 is 2. The number of aryl methyl sites for hydroxylation is 1. The van der Waals surface area contributed by atoms with Gasteiger partial charge >= 0.3 is 0 Å². The number of hydrogen-bond donors (Lipinski definition) is 1. The van der Waals surface area contributed by atoms with Crippen molar-refractivity contribution in [1.29, 1.82) is 0 Å². The third kappa shape index (κ3) is 6.02. The van der Waals surface area contributed by atoms with Gasteiger partial charge in [0.05, 0.1) is 20.8 Å². The maximum Gasteiger partial charge on any atom is 0.239 e. The average molecular weight is 370 g/mol. The molecule has 144 valence electrons. The lowest BCUT2D eigenvalue weighted by Crippen LogP contribution is -2.39. The van der Waals surface area contributed by atoms with Gasteiger partial charge in [0.15, 0.2) is 11.5 Å². The highest BCUT2D eigenvalue weighted by atomic mass is 16.5. The van der Waals surface area contributed by atoms with E-state index in [1.807, 2.05) is 37.3 Å². The molecule has 0 aromatic heterocycles. The van der Waals surface area contributed by atoms with Crippen molar-refractivity contribution in [3.05, 3.63) is 59.2 Å². The van der Waals surface area contributed by atoms with Crippen molar-refractivity contribution in [3.8, 4) is 11.5 Å². The van der Waals surface area contributed by atoms with E-state index in [0.717, 1.165) is 16.7 Å². The van der Waals surface area contributed by atoms with E-state index in [0.29, 0.717) is 24.6 Å². The predicted octanol–water partition coefficient (Wildman–Crippen LogP) is 2.68. The topological polar surface area (TPSA) is 67.9 Å². The van der Waals surface area contributed by atoms with Crippen LogP contribution in [-0.4, -0.2) is 37.5 Å². The molecule has 2 aromatic carbocycles. The molecule has 0 saturated heterocycles. The first-order valence-electron chi connectivity index (χ1n) is 8.71. The minimum absolute atomic E-state index is 0.00447. The Bertz CT molecular complexity index is 805. The summed E-state index contributed by atoms with van der Waals surface area (Å²) in [5, 5.41) is 2.86. The van der Waals surface area contributed by atoms with Crippen LogP contribution in [0.3, 0.4) is 0 Å².